The van der Waals surface area contributed by atoms with E-state index in [1.54, 1.807) is 25.3 Å². The van der Waals surface area contributed by atoms with Crippen molar-refractivity contribution in [2.75, 3.05) is 7.05 Å². The molecule has 1 saturated heterocycles. The van der Waals surface area contributed by atoms with Gasteiger partial charge in [-0.3, -0.25) is 9.69 Å². The summed E-state index contributed by atoms with van der Waals surface area (Å²) >= 11 is 15.4. The van der Waals surface area contributed by atoms with Crippen molar-refractivity contribution in [1.82, 2.24) is 4.90 Å². The molecule has 1 N–H and O–H groups in total. The molecule has 1 amide bonds. The third-order valence-corrected chi connectivity index (χ3v) is 4.56. The van der Waals surface area contributed by atoms with Gasteiger partial charge < -0.3 is 5.11 Å². The molecule has 94 valence electrons. The smallest absolute Gasteiger partial charge is 0.265 e. The van der Waals surface area contributed by atoms with Crippen LogP contribution in [0.2, 0.25) is 5.02 Å². The number of hydrogen-bond acceptors (Lipinski definition) is 4. The fourth-order valence-corrected chi connectivity index (χ4v) is 3.39. The number of amides is 1. The molecule has 1 aliphatic heterocycles. The minimum Gasteiger partial charge on any atom is -0.506 e. The lowest BCUT2D eigenvalue weighted by Crippen LogP contribution is -2.22. The molecule has 0 radical (unpaired) electrons. The molecule has 1 aliphatic rings. The van der Waals surface area contributed by atoms with E-state index < -0.39 is 0 Å². The van der Waals surface area contributed by atoms with E-state index in [1.807, 2.05) is 0 Å². The number of aromatic hydroxyl groups is 1. The SMILES string of the molecule is CN1C(=O)C(=Cc2cc(Br)cc(Cl)c2O)SC1=S. The van der Waals surface area contributed by atoms with Crippen LogP contribution in [0.25, 0.3) is 6.08 Å². The minimum absolute atomic E-state index is 0.0544. The van der Waals surface area contributed by atoms with Gasteiger partial charge in [-0.05, 0) is 18.2 Å². The Kier molecular flexibility index (Phi) is 4.01. The zero-order valence-electron chi connectivity index (χ0n) is 9.11. The Labute approximate surface area is 127 Å². The number of thiocarbonyl (C=S) groups is 1. The average molecular weight is 365 g/mol. The predicted octanol–water partition coefficient (Wildman–Crippen LogP) is 3.64. The van der Waals surface area contributed by atoms with Gasteiger partial charge in [-0.2, -0.15) is 0 Å². The molecular weight excluding hydrogens is 358 g/mol. The van der Waals surface area contributed by atoms with Gasteiger partial charge in [-0.15, -0.1) is 0 Å². The molecule has 0 spiro atoms. The van der Waals surface area contributed by atoms with E-state index in [0.717, 1.165) is 4.47 Å². The first-order chi connectivity index (χ1) is 8.40. The highest BCUT2D eigenvalue weighted by atomic mass is 79.9. The number of phenols is 1. The van der Waals surface area contributed by atoms with Gasteiger partial charge in [0, 0.05) is 17.1 Å². The van der Waals surface area contributed by atoms with Crippen LogP contribution in [0.4, 0.5) is 0 Å². The molecule has 0 aromatic heterocycles. The topological polar surface area (TPSA) is 40.5 Å². The summed E-state index contributed by atoms with van der Waals surface area (Å²) in [6.07, 6.45) is 1.58. The summed E-state index contributed by atoms with van der Waals surface area (Å²) in [4.78, 5) is 13.7. The Balaban J connectivity index is 2.46. The number of hydrogen-bond donors (Lipinski definition) is 1. The summed E-state index contributed by atoms with van der Waals surface area (Å²) in [7, 11) is 1.62. The summed E-state index contributed by atoms with van der Waals surface area (Å²) in [5.41, 5.74) is 0.475. The Bertz CT molecular complexity index is 589. The molecule has 3 nitrogen and oxygen atoms in total. The van der Waals surface area contributed by atoms with E-state index >= 15 is 0 Å². The normalized spacial score (nSPS) is 17.9. The van der Waals surface area contributed by atoms with Gasteiger partial charge >= 0.3 is 0 Å². The summed E-state index contributed by atoms with van der Waals surface area (Å²) in [6, 6.07) is 3.27. The van der Waals surface area contributed by atoms with Crippen molar-refractivity contribution in [1.29, 1.82) is 0 Å². The lowest BCUT2D eigenvalue weighted by Gasteiger charge is -2.05. The summed E-state index contributed by atoms with van der Waals surface area (Å²) in [6.45, 7) is 0. The lowest BCUT2D eigenvalue weighted by molar-refractivity contribution is -0.121. The van der Waals surface area contributed by atoms with Crippen molar-refractivity contribution in [3.63, 3.8) is 0 Å². The number of thioether (sulfide) groups is 1. The van der Waals surface area contributed by atoms with Gasteiger partial charge in [-0.25, -0.2) is 0 Å². The third kappa shape index (κ3) is 2.56. The van der Waals surface area contributed by atoms with E-state index in [1.165, 1.54) is 16.7 Å². The number of likely N-dealkylation sites (N-methyl/N-ethyl adjacent to an activating group) is 1. The number of rotatable bonds is 1. The largest absolute Gasteiger partial charge is 0.506 e. The number of carbonyl (C=O) groups is 1. The van der Waals surface area contributed by atoms with Crippen LogP contribution in [0.3, 0.4) is 0 Å². The van der Waals surface area contributed by atoms with Crippen molar-refractivity contribution >= 4 is 67.8 Å². The van der Waals surface area contributed by atoms with Crippen LogP contribution in [-0.2, 0) is 4.79 Å². The van der Waals surface area contributed by atoms with E-state index in [4.69, 9.17) is 23.8 Å². The zero-order chi connectivity index (χ0) is 13.4. The highest BCUT2D eigenvalue weighted by Gasteiger charge is 2.29. The van der Waals surface area contributed by atoms with E-state index in [0.29, 0.717) is 14.8 Å². The first-order valence-corrected chi connectivity index (χ1v) is 7.19. The van der Waals surface area contributed by atoms with Crippen LogP contribution in [0.5, 0.6) is 5.75 Å². The monoisotopic (exact) mass is 363 g/mol. The first-order valence-electron chi connectivity index (χ1n) is 4.79. The second-order valence-corrected chi connectivity index (χ2v) is 6.56. The number of nitrogens with zero attached hydrogens (tertiary/aromatic N) is 1. The molecule has 1 aromatic rings. The Hall–Kier alpha value is -0.560. The minimum atomic E-state index is -0.180. The van der Waals surface area contributed by atoms with Crippen molar-refractivity contribution in [3.8, 4) is 5.75 Å². The second-order valence-electron chi connectivity index (χ2n) is 3.57. The average Bonchev–Trinajstić information content (AvgIpc) is 2.53. The Morgan fingerprint density at radius 1 is 1.56 bits per heavy atom. The van der Waals surface area contributed by atoms with Gasteiger partial charge in [0.05, 0.1) is 9.93 Å². The van der Waals surface area contributed by atoms with Crippen molar-refractivity contribution in [2.45, 2.75) is 0 Å². The van der Waals surface area contributed by atoms with Gasteiger partial charge in [0.1, 0.15) is 10.1 Å². The third-order valence-electron chi connectivity index (χ3n) is 2.33. The summed E-state index contributed by atoms with van der Waals surface area (Å²) in [5, 5.41) is 10.1. The van der Waals surface area contributed by atoms with Gasteiger partial charge in [0.25, 0.3) is 5.91 Å². The van der Waals surface area contributed by atoms with Crippen LogP contribution < -0.4 is 0 Å². The first kappa shape index (κ1) is 13.9. The van der Waals surface area contributed by atoms with E-state index in [9.17, 15) is 9.90 Å². The molecule has 0 bridgehead atoms. The number of benzene rings is 1. The highest BCUT2D eigenvalue weighted by Crippen LogP contribution is 2.36. The lowest BCUT2D eigenvalue weighted by atomic mass is 10.2. The highest BCUT2D eigenvalue weighted by molar-refractivity contribution is 9.10. The molecular formula is C11H7BrClNO2S2. The van der Waals surface area contributed by atoms with Crippen molar-refractivity contribution < 1.29 is 9.90 Å². The number of carbonyl (C=O) groups excluding carboxylic acids is 1. The van der Waals surface area contributed by atoms with Crippen LogP contribution in [0.15, 0.2) is 21.5 Å². The molecule has 1 fully saturated rings. The maximum absolute atomic E-state index is 11.8. The predicted molar refractivity (Wildman–Crippen MR) is 81.8 cm³/mol. The van der Waals surface area contributed by atoms with Gasteiger partial charge in [0.2, 0.25) is 0 Å². The fourth-order valence-electron chi connectivity index (χ4n) is 1.38. The molecule has 1 aromatic carbocycles. The molecule has 2 rings (SSSR count). The van der Waals surface area contributed by atoms with Gasteiger partial charge in [0.15, 0.2) is 0 Å². The standard InChI is InChI=1S/C11H7BrClNO2S2/c1-14-10(16)8(18-11(14)17)3-5-2-6(12)4-7(13)9(5)15/h2-4,15H,1H3. The van der Waals surface area contributed by atoms with E-state index in [2.05, 4.69) is 15.9 Å². The van der Waals surface area contributed by atoms with Crippen molar-refractivity contribution in [3.05, 3.63) is 32.1 Å². The Morgan fingerprint density at radius 3 is 2.78 bits per heavy atom. The molecule has 7 heteroatoms. The van der Waals surface area contributed by atoms with Crippen molar-refractivity contribution in [2.24, 2.45) is 0 Å². The van der Waals surface area contributed by atoms with Crippen LogP contribution in [-0.4, -0.2) is 27.3 Å². The second kappa shape index (κ2) is 5.21. The Morgan fingerprint density at radius 2 is 2.22 bits per heavy atom. The fraction of sp³-hybridized carbons (Fsp3) is 0.0909. The summed E-state index contributed by atoms with van der Waals surface area (Å²) < 4.78 is 1.22. The molecule has 1 heterocycles. The number of phenolic OH excluding ortho intramolecular Hbond substituents is 1. The summed E-state index contributed by atoms with van der Waals surface area (Å²) in [5.74, 6) is -0.235. The molecule has 0 atom stereocenters. The molecule has 0 aliphatic carbocycles. The molecule has 0 unspecified atom stereocenters. The van der Waals surface area contributed by atoms with Crippen LogP contribution in [0.1, 0.15) is 5.56 Å². The zero-order valence-corrected chi connectivity index (χ0v) is 13.1. The maximum Gasteiger partial charge on any atom is 0.265 e. The quantitative estimate of drug-likeness (QED) is 0.610. The molecule has 0 saturated carbocycles. The maximum atomic E-state index is 11.8. The van der Waals surface area contributed by atoms with Gasteiger partial charge in [-0.1, -0.05) is 51.5 Å². The molecule has 18 heavy (non-hydrogen) atoms. The van der Waals surface area contributed by atoms with Crippen LogP contribution >= 0.6 is 51.5 Å². The van der Waals surface area contributed by atoms with E-state index in [-0.39, 0.29) is 16.7 Å². The number of halogens is 2. The van der Waals surface area contributed by atoms with Crippen LogP contribution in [0, 0.1) is 0 Å².